The number of fused-ring (bicyclic) bond motifs is 1. The molecule has 3 nitrogen and oxygen atoms in total. The van der Waals surface area contributed by atoms with Gasteiger partial charge in [0.05, 0.1) is 17.4 Å². The molecule has 0 unspecified atom stereocenters. The smallest absolute Gasteiger partial charge is 0.0639 e. The zero-order valence-electron chi connectivity index (χ0n) is 11.3. The molecule has 3 aromatic heterocycles. The Hall–Kier alpha value is -2.94. The van der Waals surface area contributed by atoms with Crippen LogP contribution in [0.5, 0.6) is 0 Å². The van der Waals surface area contributed by atoms with E-state index in [1.165, 1.54) is 22.0 Å². The predicted molar refractivity (Wildman–Crippen MR) is 84.3 cm³/mol. The molecule has 3 heteroatoms. The highest BCUT2D eigenvalue weighted by atomic mass is 15.0. The van der Waals surface area contributed by atoms with E-state index in [0.29, 0.717) is 0 Å². The van der Waals surface area contributed by atoms with Crippen LogP contribution in [0.4, 0.5) is 0 Å². The van der Waals surface area contributed by atoms with Gasteiger partial charge in [0.1, 0.15) is 0 Å². The average molecular weight is 271 g/mol. The summed E-state index contributed by atoms with van der Waals surface area (Å²) in [6, 6.07) is 16.7. The lowest BCUT2D eigenvalue weighted by Crippen LogP contribution is -1.91. The number of nitrogens with zero attached hydrogens (tertiary/aromatic N) is 3. The van der Waals surface area contributed by atoms with E-state index in [1.54, 1.807) is 6.20 Å². The highest BCUT2D eigenvalue weighted by Gasteiger charge is 2.05. The minimum Gasteiger partial charge on any atom is -0.315 e. The van der Waals surface area contributed by atoms with Crippen molar-refractivity contribution in [3.8, 4) is 16.8 Å². The molecule has 0 aliphatic heterocycles. The third-order valence-corrected chi connectivity index (χ3v) is 3.63. The van der Waals surface area contributed by atoms with Gasteiger partial charge in [0, 0.05) is 30.2 Å². The van der Waals surface area contributed by atoms with Gasteiger partial charge in [0.2, 0.25) is 0 Å². The van der Waals surface area contributed by atoms with Crippen LogP contribution in [-0.2, 0) is 0 Å². The Morgan fingerprint density at radius 2 is 1.67 bits per heavy atom. The van der Waals surface area contributed by atoms with E-state index in [4.69, 9.17) is 0 Å². The van der Waals surface area contributed by atoms with Crippen LogP contribution < -0.4 is 0 Å². The van der Waals surface area contributed by atoms with Gasteiger partial charge in [0.25, 0.3) is 0 Å². The molecule has 0 amide bonds. The van der Waals surface area contributed by atoms with Gasteiger partial charge in [-0.25, -0.2) is 0 Å². The fourth-order valence-corrected chi connectivity index (χ4v) is 2.59. The first-order valence-electron chi connectivity index (χ1n) is 6.84. The minimum atomic E-state index is 1.07. The molecule has 0 bridgehead atoms. The Kier molecular flexibility index (Phi) is 2.75. The van der Waals surface area contributed by atoms with Crippen LogP contribution in [0.3, 0.4) is 0 Å². The highest BCUT2D eigenvalue weighted by Crippen LogP contribution is 2.26. The summed E-state index contributed by atoms with van der Waals surface area (Å²) in [5.74, 6) is 0. The second kappa shape index (κ2) is 4.87. The molecular weight excluding hydrogens is 258 g/mol. The quantitative estimate of drug-likeness (QED) is 0.550. The van der Waals surface area contributed by atoms with Crippen molar-refractivity contribution < 1.29 is 0 Å². The van der Waals surface area contributed by atoms with Crippen LogP contribution in [0, 0.1) is 0 Å². The molecule has 0 atom stereocenters. The molecule has 0 saturated carbocycles. The van der Waals surface area contributed by atoms with E-state index in [-0.39, 0.29) is 0 Å². The first-order chi connectivity index (χ1) is 10.4. The van der Waals surface area contributed by atoms with E-state index in [2.05, 4.69) is 51.1 Å². The molecule has 0 spiro atoms. The van der Waals surface area contributed by atoms with E-state index < -0.39 is 0 Å². The van der Waals surface area contributed by atoms with E-state index in [1.807, 2.05) is 36.8 Å². The van der Waals surface area contributed by atoms with Gasteiger partial charge in [-0.3, -0.25) is 9.97 Å². The number of rotatable bonds is 2. The molecule has 100 valence electrons. The van der Waals surface area contributed by atoms with Gasteiger partial charge < -0.3 is 4.57 Å². The first kappa shape index (κ1) is 11.9. The minimum absolute atomic E-state index is 1.07. The Morgan fingerprint density at radius 3 is 2.48 bits per heavy atom. The van der Waals surface area contributed by atoms with Crippen LogP contribution in [0.1, 0.15) is 0 Å². The van der Waals surface area contributed by atoms with Gasteiger partial charge in [-0.2, -0.15) is 0 Å². The zero-order valence-corrected chi connectivity index (χ0v) is 11.3. The third kappa shape index (κ3) is 2.09. The number of benzene rings is 1. The molecule has 0 aliphatic rings. The topological polar surface area (TPSA) is 30.7 Å². The van der Waals surface area contributed by atoms with Crippen LogP contribution in [0.25, 0.3) is 27.7 Å². The fraction of sp³-hybridized carbons (Fsp3) is 0. The number of aromatic nitrogens is 3. The second-order valence-corrected chi connectivity index (χ2v) is 4.91. The van der Waals surface area contributed by atoms with Gasteiger partial charge in [-0.1, -0.05) is 6.07 Å². The lowest BCUT2D eigenvalue weighted by molar-refractivity contribution is 1.10. The predicted octanol–water partition coefficient (Wildman–Crippen LogP) is 4.09. The lowest BCUT2D eigenvalue weighted by Gasteiger charge is -2.06. The maximum absolute atomic E-state index is 4.18. The van der Waals surface area contributed by atoms with E-state index in [0.717, 1.165) is 5.69 Å². The molecule has 0 aliphatic carbocycles. The van der Waals surface area contributed by atoms with E-state index >= 15 is 0 Å². The SMILES string of the molecule is c1cncc(-n2ccc3cc(-c4ccncc4)ccc32)c1. The summed E-state index contributed by atoms with van der Waals surface area (Å²) in [5.41, 5.74) is 4.64. The number of hydrogen-bond donors (Lipinski definition) is 0. The summed E-state index contributed by atoms with van der Waals surface area (Å²) in [5, 5.41) is 1.22. The Morgan fingerprint density at radius 1 is 0.762 bits per heavy atom. The molecule has 0 saturated heterocycles. The summed E-state index contributed by atoms with van der Waals surface area (Å²) in [6.07, 6.45) is 9.38. The van der Waals surface area contributed by atoms with Gasteiger partial charge >= 0.3 is 0 Å². The third-order valence-electron chi connectivity index (χ3n) is 3.63. The van der Waals surface area contributed by atoms with Crippen LogP contribution >= 0.6 is 0 Å². The summed E-state index contributed by atoms with van der Waals surface area (Å²) < 4.78 is 2.15. The van der Waals surface area contributed by atoms with Crippen molar-refractivity contribution in [2.45, 2.75) is 0 Å². The van der Waals surface area contributed by atoms with Crippen molar-refractivity contribution in [1.82, 2.24) is 14.5 Å². The largest absolute Gasteiger partial charge is 0.315 e. The van der Waals surface area contributed by atoms with Crippen molar-refractivity contribution in [2.24, 2.45) is 0 Å². The Balaban J connectivity index is 1.85. The van der Waals surface area contributed by atoms with Crippen molar-refractivity contribution in [1.29, 1.82) is 0 Å². The molecule has 4 aromatic rings. The first-order valence-corrected chi connectivity index (χ1v) is 6.84. The fourth-order valence-electron chi connectivity index (χ4n) is 2.59. The van der Waals surface area contributed by atoms with E-state index in [9.17, 15) is 0 Å². The molecule has 1 aromatic carbocycles. The Bertz CT molecular complexity index is 880. The second-order valence-electron chi connectivity index (χ2n) is 4.91. The van der Waals surface area contributed by atoms with Gasteiger partial charge in [-0.05, 0) is 53.6 Å². The normalized spacial score (nSPS) is 10.9. The summed E-state index contributed by atoms with van der Waals surface area (Å²) >= 11 is 0. The molecule has 0 N–H and O–H groups in total. The highest BCUT2D eigenvalue weighted by molar-refractivity contribution is 5.86. The molecule has 0 fully saturated rings. The summed E-state index contributed by atoms with van der Waals surface area (Å²) in [6.45, 7) is 0. The maximum atomic E-state index is 4.18. The summed E-state index contributed by atoms with van der Waals surface area (Å²) in [7, 11) is 0. The standard InChI is InChI=1S/C18H13N3/c1-2-17(13-20-8-1)21-11-7-16-12-15(3-4-18(16)21)14-5-9-19-10-6-14/h1-13H. The van der Waals surface area contributed by atoms with Crippen molar-refractivity contribution in [3.63, 3.8) is 0 Å². The summed E-state index contributed by atoms with van der Waals surface area (Å²) in [4.78, 5) is 8.25. The molecule has 3 heterocycles. The van der Waals surface area contributed by atoms with Gasteiger partial charge in [-0.15, -0.1) is 0 Å². The molecule has 0 radical (unpaired) electrons. The monoisotopic (exact) mass is 271 g/mol. The molecule has 21 heavy (non-hydrogen) atoms. The number of hydrogen-bond acceptors (Lipinski definition) is 2. The number of pyridine rings is 2. The van der Waals surface area contributed by atoms with Crippen LogP contribution in [0.2, 0.25) is 0 Å². The average Bonchev–Trinajstić information content (AvgIpc) is 2.99. The maximum Gasteiger partial charge on any atom is 0.0639 e. The van der Waals surface area contributed by atoms with Crippen molar-refractivity contribution in [2.75, 3.05) is 0 Å². The lowest BCUT2D eigenvalue weighted by atomic mass is 10.1. The zero-order chi connectivity index (χ0) is 14.1. The van der Waals surface area contributed by atoms with Gasteiger partial charge in [0.15, 0.2) is 0 Å². The van der Waals surface area contributed by atoms with Crippen LogP contribution in [0.15, 0.2) is 79.5 Å². The van der Waals surface area contributed by atoms with Crippen molar-refractivity contribution in [3.05, 3.63) is 79.5 Å². The van der Waals surface area contributed by atoms with Crippen LogP contribution in [-0.4, -0.2) is 14.5 Å². The molecule has 4 rings (SSSR count). The molecular formula is C18H13N3. The van der Waals surface area contributed by atoms with Crippen molar-refractivity contribution >= 4 is 10.9 Å². The Labute approximate surface area is 122 Å².